The number of carbonyl (C=O) groups is 2. The Morgan fingerprint density at radius 2 is 1.02 bits per heavy atom. The maximum atomic E-state index is 12.5. The molecule has 0 aromatic rings. The van der Waals surface area contributed by atoms with Crippen molar-refractivity contribution < 1.29 is 33.6 Å². The van der Waals surface area contributed by atoms with Crippen LogP contribution in [0, 0.1) is 5.92 Å². The fraction of sp³-hybridized carbons (Fsp3) is 0.878. The lowest BCUT2D eigenvalue weighted by Gasteiger charge is -2.21. The molecule has 0 aliphatic heterocycles. The van der Waals surface area contributed by atoms with Crippen molar-refractivity contribution in [3.05, 3.63) is 24.3 Å². The number of nitrogens with zero attached hydrogens (tertiary/aromatic N) is 1. The molecule has 336 valence electrons. The Hall–Kier alpha value is -1.74. The minimum absolute atomic E-state index is 0.0311. The quantitative estimate of drug-likeness (QED) is 0.0281. The highest BCUT2D eigenvalue weighted by Crippen LogP contribution is 2.21. The summed E-state index contributed by atoms with van der Waals surface area (Å²) in [5.41, 5.74) is 0. The Morgan fingerprint density at radius 3 is 1.63 bits per heavy atom. The molecule has 1 atom stereocenters. The fourth-order valence-electron chi connectivity index (χ4n) is 7.04. The fourth-order valence-corrected chi connectivity index (χ4v) is 7.04. The van der Waals surface area contributed by atoms with Gasteiger partial charge in [-0.3, -0.25) is 9.59 Å². The van der Waals surface area contributed by atoms with Crippen LogP contribution in [0.15, 0.2) is 24.3 Å². The molecule has 0 aromatic carbocycles. The molecule has 0 saturated heterocycles. The summed E-state index contributed by atoms with van der Waals surface area (Å²) >= 11 is 0. The van der Waals surface area contributed by atoms with Gasteiger partial charge in [-0.2, -0.15) is 0 Å². The summed E-state index contributed by atoms with van der Waals surface area (Å²) in [7, 11) is 0. The van der Waals surface area contributed by atoms with Crippen molar-refractivity contribution in [1.29, 1.82) is 0 Å². The molecule has 0 spiro atoms. The third-order valence-corrected chi connectivity index (χ3v) is 10.7. The Labute approximate surface area is 352 Å². The predicted molar refractivity (Wildman–Crippen MR) is 239 cm³/mol. The molecule has 0 amide bonds. The van der Waals surface area contributed by atoms with E-state index in [4.69, 9.17) is 18.9 Å². The number of carbonyl (C=O) groups excluding carboxylic acids is 2. The zero-order chi connectivity index (χ0) is 41.7. The zero-order valence-electron chi connectivity index (χ0n) is 38.0. The van der Waals surface area contributed by atoms with E-state index in [2.05, 4.69) is 56.9 Å². The van der Waals surface area contributed by atoms with Gasteiger partial charge in [-0.1, -0.05) is 135 Å². The molecule has 0 heterocycles. The van der Waals surface area contributed by atoms with Gasteiger partial charge in [0.25, 0.3) is 0 Å². The number of hydrogen-bond donors (Lipinski definition) is 1. The van der Waals surface area contributed by atoms with Gasteiger partial charge in [0, 0.05) is 32.6 Å². The molecule has 0 fully saturated rings. The first-order valence-electron chi connectivity index (χ1n) is 24.2. The van der Waals surface area contributed by atoms with Gasteiger partial charge in [-0.05, 0) is 102 Å². The van der Waals surface area contributed by atoms with Crippen molar-refractivity contribution >= 4 is 11.9 Å². The lowest BCUT2D eigenvalue weighted by molar-refractivity contribution is -0.159. The number of hydrogen-bond acceptors (Lipinski definition) is 8. The van der Waals surface area contributed by atoms with E-state index in [0.29, 0.717) is 58.2 Å². The number of aliphatic hydroxyl groups is 1. The minimum atomic E-state index is -0.361. The third-order valence-electron chi connectivity index (χ3n) is 10.7. The Kier molecular flexibility index (Phi) is 44.0. The van der Waals surface area contributed by atoms with Gasteiger partial charge in [0.2, 0.25) is 0 Å². The summed E-state index contributed by atoms with van der Waals surface area (Å²) in [6, 6.07) is 0. The summed E-state index contributed by atoms with van der Waals surface area (Å²) in [4.78, 5) is 27.1. The molecule has 0 saturated carbocycles. The Balaban J connectivity index is 4.09. The predicted octanol–water partition coefficient (Wildman–Crippen LogP) is 12.8. The Bertz CT molecular complexity index is 886. The number of aliphatic hydroxyl groups excluding tert-OH is 1. The minimum Gasteiger partial charge on any atom is -0.466 e. The van der Waals surface area contributed by atoms with E-state index >= 15 is 0 Å². The first kappa shape index (κ1) is 55.3. The van der Waals surface area contributed by atoms with Crippen LogP contribution in [0.25, 0.3) is 0 Å². The van der Waals surface area contributed by atoms with Gasteiger partial charge < -0.3 is 29.0 Å². The summed E-state index contributed by atoms with van der Waals surface area (Å²) in [6.07, 6.45) is 39.0. The van der Waals surface area contributed by atoms with Crippen LogP contribution in [0.5, 0.6) is 0 Å². The molecule has 1 N–H and O–H groups in total. The molecular formula is C49H93NO7. The Morgan fingerprint density at radius 1 is 0.491 bits per heavy atom. The topological polar surface area (TPSA) is 94.5 Å². The number of rotatable bonds is 45. The highest BCUT2D eigenvalue weighted by atomic mass is 16.7. The monoisotopic (exact) mass is 808 g/mol. The first-order chi connectivity index (χ1) is 28.0. The molecule has 0 aliphatic rings. The van der Waals surface area contributed by atoms with E-state index in [9.17, 15) is 14.7 Å². The molecule has 0 radical (unpaired) electrons. The van der Waals surface area contributed by atoms with Crippen LogP contribution >= 0.6 is 0 Å². The number of unbranched alkanes of at least 4 members (excludes halogenated alkanes) is 15. The van der Waals surface area contributed by atoms with Crippen LogP contribution in [0.4, 0.5) is 0 Å². The van der Waals surface area contributed by atoms with Gasteiger partial charge in [0.15, 0.2) is 6.29 Å². The standard InChI is InChI=1S/C49H93NO7/c1-5-9-13-16-22-30-43-56-49(57-44-31-23-17-14-10-6-2)36-35-48(53)54-42-29-24-21-28-39-50(40-41-51)38-27-20-18-19-26-34-47(52)55-45-37-46(32-12-8-4)33-25-15-11-7-3/h9-10,13-14,46,49,51H,5-8,11-12,15-45H2,1-4H3/b13-9-,14-10-. The number of ether oxygens (including phenoxy) is 4. The van der Waals surface area contributed by atoms with Crippen molar-refractivity contribution in [3.8, 4) is 0 Å². The number of esters is 2. The summed E-state index contributed by atoms with van der Waals surface area (Å²) < 4.78 is 23.2. The largest absolute Gasteiger partial charge is 0.466 e. The van der Waals surface area contributed by atoms with Crippen LogP contribution in [0.2, 0.25) is 0 Å². The second kappa shape index (κ2) is 45.3. The van der Waals surface area contributed by atoms with E-state index in [-0.39, 0.29) is 24.8 Å². The SMILES string of the molecule is CC/C=C\CCCCOC(CCC(=O)OCCCCCCN(CCO)CCCCCCCC(=O)OCCC(CCCC)CCCCCC)OCCCC/C=C\CC. The average molecular weight is 808 g/mol. The van der Waals surface area contributed by atoms with Crippen molar-refractivity contribution in [2.24, 2.45) is 5.92 Å². The molecule has 8 nitrogen and oxygen atoms in total. The maximum absolute atomic E-state index is 12.5. The van der Waals surface area contributed by atoms with E-state index < -0.39 is 0 Å². The van der Waals surface area contributed by atoms with Crippen molar-refractivity contribution in [1.82, 2.24) is 4.90 Å². The van der Waals surface area contributed by atoms with Crippen molar-refractivity contribution in [2.75, 3.05) is 52.7 Å². The number of allylic oxidation sites excluding steroid dienone is 4. The summed E-state index contributed by atoms with van der Waals surface area (Å²) in [5.74, 6) is 0.491. The second-order valence-electron chi connectivity index (χ2n) is 16.0. The lowest BCUT2D eigenvalue weighted by atomic mass is 9.92. The van der Waals surface area contributed by atoms with E-state index in [0.717, 1.165) is 129 Å². The first-order valence-corrected chi connectivity index (χ1v) is 24.2. The summed E-state index contributed by atoms with van der Waals surface area (Å²) in [6.45, 7) is 14.0. The molecule has 8 heteroatoms. The van der Waals surface area contributed by atoms with E-state index in [1.165, 1.54) is 51.4 Å². The lowest BCUT2D eigenvalue weighted by Crippen LogP contribution is -2.29. The second-order valence-corrected chi connectivity index (χ2v) is 16.0. The highest BCUT2D eigenvalue weighted by molar-refractivity contribution is 5.69. The highest BCUT2D eigenvalue weighted by Gasteiger charge is 2.14. The molecule has 0 aromatic heterocycles. The molecule has 1 unspecified atom stereocenters. The molecule has 57 heavy (non-hydrogen) atoms. The summed E-state index contributed by atoms with van der Waals surface area (Å²) in [5, 5.41) is 9.58. The van der Waals surface area contributed by atoms with Gasteiger partial charge >= 0.3 is 11.9 Å². The smallest absolute Gasteiger partial charge is 0.305 e. The zero-order valence-corrected chi connectivity index (χ0v) is 38.0. The molecule has 0 bridgehead atoms. The maximum Gasteiger partial charge on any atom is 0.305 e. The van der Waals surface area contributed by atoms with Crippen molar-refractivity contribution in [3.63, 3.8) is 0 Å². The molecular weight excluding hydrogens is 715 g/mol. The van der Waals surface area contributed by atoms with Crippen LogP contribution in [0.3, 0.4) is 0 Å². The molecule has 0 rings (SSSR count). The normalized spacial score (nSPS) is 12.5. The van der Waals surface area contributed by atoms with E-state index in [1.54, 1.807) is 0 Å². The van der Waals surface area contributed by atoms with Crippen LogP contribution in [-0.2, 0) is 28.5 Å². The van der Waals surface area contributed by atoms with E-state index in [1.807, 2.05) is 0 Å². The van der Waals surface area contributed by atoms with Gasteiger partial charge in [-0.15, -0.1) is 0 Å². The van der Waals surface area contributed by atoms with Gasteiger partial charge in [-0.25, -0.2) is 0 Å². The van der Waals surface area contributed by atoms with Gasteiger partial charge in [0.05, 0.1) is 26.2 Å². The van der Waals surface area contributed by atoms with Gasteiger partial charge in [0.1, 0.15) is 0 Å². The molecule has 0 aliphatic carbocycles. The van der Waals surface area contributed by atoms with Crippen LogP contribution in [0.1, 0.15) is 214 Å². The third kappa shape index (κ3) is 40.8. The van der Waals surface area contributed by atoms with Crippen LogP contribution < -0.4 is 0 Å². The van der Waals surface area contributed by atoms with Crippen LogP contribution in [-0.4, -0.2) is 80.9 Å². The van der Waals surface area contributed by atoms with Crippen molar-refractivity contribution in [2.45, 2.75) is 220 Å². The average Bonchev–Trinajstić information content (AvgIpc) is 3.21.